The third-order valence-electron chi connectivity index (χ3n) is 2.41. The number of methoxy groups -OCH3 is 1. The Labute approximate surface area is 128 Å². The Morgan fingerprint density at radius 2 is 2.05 bits per heavy atom. The van der Waals surface area contributed by atoms with Crippen LogP contribution in [0.4, 0.5) is 0 Å². The number of hydrogen-bond acceptors (Lipinski definition) is 5. The van der Waals surface area contributed by atoms with Crippen molar-refractivity contribution in [1.29, 1.82) is 0 Å². The van der Waals surface area contributed by atoms with Crippen molar-refractivity contribution in [2.75, 3.05) is 7.11 Å². The molecule has 0 heterocycles. The van der Waals surface area contributed by atoms with Crippen molar-refractivity contribution >= 4 is 40.4 Å². The van der Waals surface area contributed by atoms with E-state index in [4.69, 9.17) is 5.11 Å². The second kappa shape index (κ2) is 7.08. The summed E-state index contributed by atoms with van der Waals surface area (Å²) in [6, 6.07) is 2.90. The number of esters is 1. The number of carboxylic acid groups (broad SMARTS) is 1. The molecule has 0 aromatic heterocycles. The highest BCUT2D eigenvalue weighted by Crippen LogP contribution is 2.19. The van der Waals surface area contributed by atoms with Gasteiger partial charge in [-0.05, 0) is 40.8 Å². The summed E-state index contributed by atoms with van der Waals surface area (Å²) in [5.74, 6) is -3.18. The molecule has 7 nitrogen and oxygen atoms in total. The average Bonchev–Trinajstić information content (AvgIpc) is 2.40. The highest BCUT2D eigenvalue weighted by molar-refractivity contribution is 14.1. The molecular formula is C12H12INO6. The second-order valence-electron chi connectivity index (χ2n) is 3.81. The first kappa shape index (κ1) is 16.2. The van der Waals surface area contributed by atoms with E-state index in [1.807, 2.05) is 22.6 Å². The summed E-state index contributed by atoms with van der Waals surface area (Å²) in [6.07, 6.45) is -0.498. The van der Waals surface area contributed by atoms with Gasteiger partial charge in [-0.3, -0.25) is 9.59 Å². The molecule has 0 saturated carbocycles. The molecule has 0 spiro atoms. The molecule has 0 bridgehead atoms. The standard InChI is InChI=1S/C12H12INO6/c1-20-10(16)5-8(12(18)19)14-11(17)7-4-6(13)2-3-9(7)15/h2-4,8,15H,5H2,1H3,(H,14,17)(H,18,19)/t8-/m0/s1. The summed E-state index contributed by atoms with van der Waals surface area (Å²) in [5, 5.41) is 20.7. The van der Waals surface area contributed by atoms with Crippen LogP contribution in [0.5, 0.6) is 5.75 Å². The first-order valence-electron chi connectivity index (χ1n) is 5.44. The average molecular weight is 393 g/mol. The Hall–Kier alpha value is -1.84. The number of ether oxygens (including phenoxy) is 1. The molecule has 1 amide bonds. The summed E-state index contributed by atoms with van der Waals surface area (Å²) in [7, 11) is 1.12. The maximum atomic E-state index is 11.9. The number of carbonyl (C=O) groups is 3. The molecule has 1 aromatic rings. The molecule has 8 heteroatoms. The molecule has 1 atom stereocenters. The summed E-state index contributed by atoms with van der Waals surface area (Å²) < 4.78 is 5.06. The predicted octanol–water partition coefficient (Wildman–Crippen LogP) is 0.743. The van der Waals surface area contributed by atoms with E-state index in [2.05, 4.69) is 10.1 Å². The summed E-state index contributed by atoms with van der Waals surface area (Å²) in [4.78, 5) is 34.0. The van der Waals surface area contributed by atoms with Gasteiger partial charge in [-0.15, -0.1) is 0 Å². The summed E-state index contributed by atoms with van der Waals surface area (Å²) in [6.45, 7) is 0. The van der Waals surface area contributed by atoms with E-state index in [1.165, 1.54) is 12.1 Å². The zero-order valence-electron chi connectivity index (χ0n) is 10.4. The molecule has 0 unspecified atom stereocenters. The number of benzene rings is 1. The Balaban J connectivity index is 2.88. The van der Waals surface area contributed by atoms with Gasteiger partial charge in [-0.2, -0.15) is 0 Å². The van der Waals surface area contributed by atoms with Gasteiger partial charge in [0.1, 0.15) is 11.8 Å². The largest absolute Gasteiger partial charge is 0.507 e. The number of phenols is 1. The van der Waals surface area contributed by atoms with Crippen molar-refractivity contribution in [1.82, 2.24) is 5.32 Å². The van der Waals surface area contributed by atoms with Crippen molar-refractivity contribution in [3.8, 4) is 5.75 Å². The van der Waals surface area contributed by atoms with Gasteiger partial charge < -0.3 is 20.3 Å². The fourth-order valence-electron chi connectivity index (χ4n) is 1.38. The summed E-state index contributed by atoms with van der Waals surface area (Å²) in [5.41, 5.74) is -0.0620. The third-order valence-corrected chi connectivity index (χ3v) is 3.08. The highest BCUT2D eigenvalue weighted by Gasteiger charge is 2.25. The number of aromatic hydroxyl groups is 1. The van der Waals surface area contributed by atoms with Gasteiger partial charge in [-0.1, -0.05) is 0 Å². The number of amides is 1. The van der Waals surface area contributed by atoms with Crippen molar-refractivity contribution in [3.63, 3.8) is 0 Å². The maximum Gasteiger partial charge on any atom is 0.326 e. The van der Waals surface area contributed by atoms with Gasteiger partial charge in [0.05, 0.1) is 19.1 Å². The minimum absolute atomic E-state index is 0.0620. The summed E-state index contributed by atoms with van der Waals surface area (Å²) >= 11 is 1.95. The molecule has 0 radical (unpaired) electrons. The van der Waals surface area contributed by atoms with Crippen LogP contribution in [-0.2, 0) is 14.3 Å². The number of halogens is 1. The second-order valence-corrected chi connectivity index (χ2v) is 5.05. The molecule has 3 N–H and O–H groups in total. The molecule has 108 valence electrons. The number of carbonyl (C=O) groups excluding carboxylic acids is 2. The van der Waals surface area contributed by atoms with Crippen LogP contribution in [0.2, 0.25) is 0 Å². The molecular weight excluding hydrogens is 381 g/mol. The van der Waals surface area contributed by atoms with E-state index in [0.717, 1.165) is 7.11 Å². The molecule has 1 rings (SSSR count). The number of hydrogen-bond donors (Lipinski definition) is 3. The Morgan fingerprint density at radius 3 is 2.60 bits per heavy atom. The van der Waals surface area contributed by atoms with Gasteiger partial charge in [0.2, 0.25) is 0 Å². The van der Waals surface area contributed by atoms with Crippen LogP contribution < -0.4 is 5.32 Å². The van der Waals surface area contributed by atoms with Crippen LogP contribution >= 0.6 is 22.6 Å². The third kappa shape index (κ3) is 4.37. The van der Waals surface area contributed by atoms with Gasteiger partial charge in [-0.25, -0.2) is 4.79 Å². The van der Waals surface area contributed by atoms with Crippen molar-refractivity contribution < 1.29 is 29.3 Å². The fraction of sp³-hybridized carbons (Fsp3) is 0.250. The Kier molecular flexibility index (Phi) is 5.74. The van der Waals surface area contributed by atoms with E-state index >= 15 is 0 Å². The van der Waals surface area contributed by atoms with Crippen molar-refractivity contribution in [3.05, 3.63) is 27.3 Å². The van der Waals surface area contributed by atoms with Crippen LogP contribution in [0.25, 0.3) is 0 Å². The number of carboxylic acids is 1. The van der Waals surface area contributed by atoms with E-state index < -0.39 is 30.3 Å². The van der Waals surface area contributed by atoms with Gasteiger partial charge >= 0.3 is 11.9 Å². The minimum atomic E-state index is -1.42. The minimum Gasteiger partial charge on any atom is -0.507 e. The van der Waals surface area contributed by atoms with E-state index in [9.17, 15) is 19.5 Å². The molecule has 0 aliphatic heterocycles. The molecule has 0 aliphatic rings. The highest BCUT2D eigenvalue weighted by atomic mass is 127. The van der Waals surface area contributed by atoms with Gasteiger partial charge in [0.25, 0.3) is 5.91 Å². The zero-order valence-corrected chi connectivity index (χ0v) is 12.6. The lowest BCUT2D eigenvalue weighted by Gasteiger charge is -2.14. The number of phenolic OH excluding ortho intramolecular Hbond substituents is 1. The predicted molar refractivity (Wildman–Crippen MR) is 76.3 cm³/mol. The molecule has 20 heavy (non-hydrogen) atoms. The lowest BCUT2D eigenvalue weighted by atomic mass is 10.1. The molecule has 0 fully saturated rings. The number of rotatable bonds is 5. The van der Waals surface area contributed by atoms with Crippen molar-refractivity contribution in [2.45, 2.75) is 12.5 Å². The fourth-order valence-corrected chi connectivity index (χ4v) is 1.87. The van der Waals surface area contributed by atoms with Gasteiger partial charge in [0.15, 0.2) is 0 Å². The first-order valence-corrected chi connectivity index (χ1v) is 6.52. The molecule has 0 saturated heterocycles. The lowest BCUT2D eigenvalue weighted by molar-refractivity contribution is -0.147. The SMILES string of the molecule is COC(=O)C[C@H](NC(=O)c1cc(I)ccc1O)C(=O)O. The van der Waals surface area contributed by atoms with E-state index in [-0.39, 0.29) is 11.3 Å². The lowest BCUT2D eigenvalue weighted by Crippen LogP contribution is -2.42. The normalized spacial score (nSPS) is 11.5. The van der Waals surface area contributed by atoms with Crippen LogP contribution in [0.1, 0.15) is 16.8 Å². The van der Waals surface area contributed by atoms with Crippen LogP contribution in [0.3, 0.4) is 0 Å². The first-order chi connectivity index (χ1) is 9.35. The smallest absolute Gasteiger partial charge is 0.326 e. The van der Waals surface area contributed by atoms with E-state index in [0.29, 0.717) is 3.57 Å². The topological polar surface area (TPSA) is 113 Å². The van der Waals surface area contributed by atoms with Crippen molar-refractivity contribution in [2.24, 2.45) is 0 Å². The van der Waals surface area contributed by atoms with Gasteiger partial charge in [0, 0.05) is 3.57 Å². The van der Waals surface area contributed by atoms with Crippen LogP contribution in [0.15, 0.2) is 18.2 Å². The van der Waals surface area contributed by atoms with E-state index in [1.54, 1.807) is 6.07 Å². The zero-order chi connectivity index (χ0) is 15.3. The quantitative estimate of drug-likeness (QED) is 0.503. The maximum absolute atomic E-state index is 11.9. The Morgan fingerprint density at radius 1 is 1.40 bits per heavy atom. The Bertz CT molecular complexity index is 545. The van der Waals surface area contributed by atoms with Crippen LogP contribution in [0, 0.1) is 3.57 Å². The number of aliphatic carboxylic acids is 1. The number of nitrogens with one attached hydrogen (secondary N) is 1. The monoisotopic (exact) mass is 393 g/mol. The van der Waals surface area contributed by atoms with Crippen LogP contribution in [-0.4, -0.2) is 41.2 Å². The molecule has 1 aromatic carbocycles. The molecule has 0 aliphatic carbocycles.